The first kappa shape index (κ1) is 10.9. The van der Waals surface area contributed by atoms with Crippen molar-refractivity contribution in [3.8, 4) is 0 Å². The first-order chi connectivity index (χ1) is 9.31. The van der Waals surface area contributed by atoms with Crippen molar-refractivity contribution in [1.29, 1.82) is 0 Å². The molecule has 2 saturated carbocycles. The summed E-state index contributed by atoms with van der Waals surface area (Å²) in [6.07, 6.45) is 7.23. The molecule has 0 radical (unpaired) electrons. The zero-order valence-corrected chi connectivity index (χ0v) is 10.6. The second-order valence-corrected chi connectivity index (χ2v) is 5.72. The van der Waals surface area contributed by atoms with Crippen LogP contribution in [0.2, 0.25) is 0 Å². The lowest BCUT2D eigenvalue weighted by Gasteiger charge is -2.37. The van der Waals surface area contributed by atoms with Crippen molar-refractivity contribution in [2.24, 2.45) is 4.99 Å². The van der Waals surface area contributed by atoms with Crippen molar-refractivity contribution in [3.05, 3.63) is 29.6 Å². The molecule has 1 aromatic carbocycles. The average Bonchev–Trinajstić information content (AvgIpc) is 3.13. The predicted molar refractivity (Wildman–Crippen MR) is 71.7 cm³/mol. The number of H-pyrrole nitrogens is 1. The highest BCUT2D eigenvalue weighted by molar-refractivity contribution is 5.76. The van der Waals surface area contributed by atoms with Crippen LogP contribution in [0.4, 0.5) is 0 Å². The number of hydrogen-bond acceptors (Lipinski definition) is 3. The summed E-state index contributed by atoms with van der Waals surface area (Å²) in [5, 5.41) is 0. The average molecular weight is 253 g/mol. The maximum absolute atomic E-state index is 10.6. The van der Waals surface area contributed by atoms with Crippen LogP contribution in [0.3, 0.4) is 0 Å². The number of aromatic amines is 1. The van der Waals surface area contributed by atoms with Crippen LogP contribution in [-0.4, -0.2) is 16.0 Å². The highest BCUT2D eigenvalue weighted by Crippen LogP contribution is 2.45. The molecule has 2 fully saturated rings. The quantitative estimate of drug-likeness (QED) is 0.674. The Balaban J connectivity index is 1.80. The molecular weight excluding hydrogens is 238 g/mol. The molecule has 0 amide bonds. The Bertz CT molecular complexity index is 688. The van der Waals surface area contributed by atoms with Crippen molar-refractivity contribution in [1.82, 2.24) is 9.97 Å². The van der Waals surface area contributed by atoms with Crippen LogP contribution in [0.5, 0.6) is 0 Å². The highest BCUT2D eigenvalue weighted by atomic mass is 16.1. The topological polar surface area (TPSA) is 58.1 Å². The molecule has 4 rings (SSSR count). The fraction of sp³-hybridized carbons (Fsp3) is 0.467. The van der Waals surface area contributed by atoms with Crippen molar-refractivity contribution in [2.45, 2.75) is 43.6 Å². The summed E-state index contributed by atoms with van der Waals surface area (Å²) in [6.45, 7) is 0. The van der Waals surface area contributed by atoms with Gasteiger partial charge in [0, 0.05) is 5.92 Å². The van der Waals surface area contributed by atoms with Gasteiger partial charge in [-0.15, -0.1) is 0 Å². The summed E-state index contributed by atoms with van der Waals surface area (Å²) in [4.78, 5) is 22.7. The van der Waals surface area contributed by atoms with Gasteiger partial charge >= 0.3 is 0 Å². The minimum atomic E-state index is -0.319. The number of hydrogen-bond donors (Lipinski definition) is 1. The summed E-state index contributed by atoms with van der Waals surface area (Å²) < 4.78 is 0. The van der Waals surface area contributed by atoms with Gasteiger partial charge in [-0.1, -0.05) is 6.07 Å². The fourth-order valence-corrected chi connectivity index (χ4v) is 2.93. The number of carbonyl (C=O) groups excluding carboxylic acids is 1. The Hall–Kier alpha value is -1.93. The Morgan fingerprint density at radius 2 is 2.21 bits per heavy atom. The van der Waals surface area contributed by atoms with E-state index in [2.05, 4.69) is 27.1 Å². The van der Waals surface area contributed by atoms with Crippen molar-refractivity contribution < 1.29 is 4.79 Å². The van der Waals surface area contributed by atoms with Gasteiger partial charge in [0.05, 0.1) is 16.6 Å². The molecule has 0 unspecified atom stereocenters. The number of isocyanates is 1. The third kappa shape index (κ3) is 1.64. The largest absolute Gasteiger partial charge is 0.342 e. The van der Waals surface area contributed by atoms with Crippen LogP contribution in [0.1, 0.15) is 49.4 Å². The molecule has 0 atom stereocenters. The second kappa shape index (κ2) is 3.78. The first-order valence-electron chi connectivity index (χ1n) is 6.90. The van der Waals surface area contributed by atoms with E-state index in [1.807, 2.05) is 6.07 Å². The minimum Gasteiger partial charge on any atom is -0.342 e. The SMILES string of the molecule is O=C=NC1(c2ccc3nc(C4CC4)[nH]c3c2)CCC1. The molecule has 2 aliphatic carbocycles. The van der Waals surface area contributed by atoms with Crippen LogP contribution in [0.15, 0.2) is 23.2 Å². The normalized spacial score (nSPS) is 20.8. The maximum atomic E-state index is 10.6. The van der Waals surface area contributed by atoms with Crippen LogP contribution < -0.4 is 0 Å². The molecule has 1 aromatic heterocycles. The molecule has 0 aliphatic heterocycles. The monoisotopic (exact) mass is 253 g/mol. The van der Waals surface area contributed by atoms with Gasteiger partial charge in [0.15, 0.2) is 0 Å². The van der Waals surface area contributed by atoms with Crippen LogP contribution in [0.25, 0.3) is 11.0 Å². The van der Waals surface area contributed by atoms with E-state index in [-0.39, 0.29) is 5.54 Å². The Morgan fingerprint density at radius 1 is 1.37 bits per heavy atom. The number of nitrogens with one attached hydrogen (secondary N) is 1. The van der Waals surface area contributed by atoms with E-state index in [9.17, 15) is 4.79 Å². The Kier molecular flexibility index (Phi) is 2.18. The number of imidazole rings is 1. The third-order valence-electron chi connectivity index (χ3n) is 4.44. The van der Waals surface area contributed by atoms with Crippen LogP contribution >= 0.6 is 0 Å². The zero-order chi connectivity index (χ0) is 12.9. The van der Waals surface area contributed by atoms with Crippen LogP contribution in [-0.2, 0) is 10.3 Å². The van der Waals surface area contributed by atoms with Gasteiger partial charge in [-0.2, -0.15) is 4.99 Å². The first-order valence-corrected chi connectivity index (χ1v) is 6.90. The van der Waals surface area contributed by atoms with Crippen molar-refractivity contribution in [3.63, 3.8) is 0 Å². The molecule has 96 valence electrons. The summed E-state index contributed by atoms with van der Waals surface area (Å²) in [6, 6.07) is 6.20. The molecule has 1 heterocycles. The second-order valence-electron chi connectivity index (χ2n) is 5.72. The number of aromatic nitrogens is 2. The summed E-state index contributed by atoms with van der Waals surface area (Å²) >= 11 is 0. The van der Waals surface area contributed by atoms with E-state index >= 15 is 0 Å². The third-order valence-corrected chi connectivity index (χ3v) is 4.44. The number of nitrogens with zero attached hydrogens (tertiary/aromatic N) is 2. The van der Waals surface area contributed by atoms with Gasteiger partial charge in [0.25, 0.3) is 0 Å². The standard InChI is InChI=1S/C15H15N3O/c19-9-16-15(6-1-7-15)11-4-5-12-13(8-11)18-14(17-12)10-2-3-10/h4-5,8,10H,1-3,6-7H2,(H,17,18). The lowest BCUT2D eigenvalue weighted by Crippen LogP contribution is -2.31. The van der Waals surface area contributed by atoms with Gasteiger partial charge in [-0.25, -0.2) is 9.78 Å². The van der Waals surface area contributed by atoms with E-state index in [4.69, 9.17) is 0 Å². The molecule has 0 spiro atoms. The molecule has 4 nitrogen and oxygen atoms in total. The van der Waals surface area contributed by atoms with Crippen molar-refractivity contribution >= 4 is 17.1 Å². The predicted octanol–water partition coefficient (Wildman–Crippen LogP) is 3.16. The number of fused-ring (bicyclic) bond motifs is 1. The highest BCUT2D eigenvalue weighted by Gasteiger charge is 2.39. The van der Waals surface area contributed by atoms with Gasteiger partial charge in [-0.3, -0.25) is 0 Å². The minimum absolute atomic E-state index is 0.319. The summed E-state index contributed by atoms with van der Waals surface area (Å²) in [7, 11) is 0. The van der Waals surface area contributed by atoms with E-state index < -0.39 is 0 Å². The van der Waals surface area contributed by atoms with E-state index in [1.54, 1.807) is 6.08 Å². The number of rotatable bonds is 3. The Morgan fingerprint density at radius 3 is 2.84 bits per heavy atom. The molecule has 4 heteroatoms. The van der Waals surface area contributed by atoms with Gasteiger partial charge in [0.2, 0.25) is 6.08 Å². The fourth-order valence-electron chi connectivity index (χ4n) is 2.93. The summed E-state index contributed by atoms with van der Waals surface area (Å²) in [5.74, 6) is 1.73. The molecule has 2 aliphatic rings. The lowest BCUT2D eigenvalue weighted by atomic mass is 9.72. The molecule has 2 aromatic rings. The molecular formula is C15H15N3O. The summed E-state index contributed by atoms with van der Waals surface area (Å²) in [5.41, 5.74) is 2.86. The number of aliphatic imine (C=N–C) groups is 1. The zero-order valence-electron chi connectivity index (χ0n) is 10.6. The van der Waals surface area contributed by atoms with Gasteiger partial charge < -0.3 is 4.98 Å². The lowest BCUT2D eigenvalue weighted by molar-refractivity contribution is 0.256. The van der Waals surface area contributed by atoms with Gasteiger partial charge in [0.1, 0.15) is 5.82 Å². The van der Waals surface area contributed by atoms with E-state index in [1.165, 1.54) is 12.8 Å². The molecule has 0 bridgehead atoms. The molecule has 1 N–H and O–H groups in total. The van der Waals surface area contributed by atoms with Gasteiger partial charge in [-0.05, 0) is 49.8 Å². The van der Waals surface area contributed by atoms with E-state index in [0.29, 0.717) is 5.92 Å². The number of benzene rings is 1. The molecule has 19 heavy (non-hydrogen) atoms. The van der Waals surface area contributed by atoms with E-state index in [0.717, 1.165) is 41.7 Å². The Labute approximate surface area is 111 Å². The maximum Gasteiger partial charge on any atom is 0.235 e. The molecule has 0 saturated heterocycles. The van der Waals surface area contributed by atoms with Crippen LogP contribution in [0, 0.1) is 0 Å². The smallest absolute Gasteiger partial charge is 0.235 e. The van der Waals surface area contributed by atoms with Crippen molar-refractivity contribution in [2.75, 3.05) is 0 Å².